The van der Waals surface area contributed by atoms with Gasteiger partial charge in [0.2, 0.25) is 0 Å². The molecule has 1 aromatic carbocycles. The Morgan fingerprint density at radius 3 is 1.30 bits per heavy atom. The highest BCUT2D eigenvalue weighted by Crippen LogP contribution is 1.79. The van der Waals surface area contributed by atoms with Crippen LogP contribution in [0.4, 0.5) is 0 Å². The van der Waals surface area contributed by atoms with Crippen molar-refractivity contribution in [3.8, 4) is 0 Å². The molecule has 10 heavy (non-hydrogen) atoms. The Hall–Kier alpha value is -1.08. The smallest absolute Gasteiger partial charge is 0.0609 e. The predicted octanol–water partition coefficient (Wildman–Crippen LogP) is 1.85. The zero-order valence-electron chi connectivity index (χ0n) is 5.90. The Morgan fingerprint density at radius 2 is 1.20 bits per heavy atom. The zero-order valence-corrected chi connectivity index (χ0v) is 5.90. The van der Waals surface area contributed by atoms with Crippen LogP contribution in [-0.2, 0) is 0 Å². The summed E-state index contributed by atoms with van der Waals surface area (Å²) in [5, 5.41) is 7.76. The average Bonchev–Trinajstić information content (AvgIpc) is 2.08. The van der Waals surface area contributed by atoms with Crippen LogP contribution in [0.15, 0.2) is 49.1 Å². The Balaban J connectivity index is 0.000000180. The maximum atomic E-state index is 7.76. The van der Waals surface area contributed by atoms with Gasteiger partial charge in [-0.25, -0.2) is 0 Å². The first-order chi connectivity index (χ1) is 4.91. The first kappa shape index (κ1) is 8.92. The highest BCUT2D eigenvalue weighted by molar-refractivity contribution is 4.99. The number of hydrogen-bond acceptors (Lipinski definition) is 1. The van der Waals surface area contributed by atoms with E-state index in [1.165, 1.54) is 6.08 Å². The van der Waals surface area contributed by atoms with E-state index in [0.717, 1.165) is 0 Å². The SMILES string of the molecule is C=CCO.c1ccccc1. The van der Waals surface area contributed by atoms with Gasteiger partial charge in [0.1, 0.15) is 0 Å². The van der Waals surface area contributed by atoms with Crippen LogP contribution in [0.2, 0.25) is 0 Å². The summed E-state index contributed by atoms with van der Waals surface area (Å²) in [6, 6.07) is 12.0. The second kappa shape index (κ2) is 7.92. The summed E-state index contributed by atoms with van der Waals surface area (Å²) in [6.45, 7) is 3.31. The van der Waals surface area contributed by atoms with Gasteiger partial charge in [-0.1, -0.05) is 42.5 Å². The summed E-state index contributed by atoms with van der Waals surface area (Å²) in [7, 11) is 0. The molecule has 0 atom stereocenters. The van der Waals surface area contributed by atoms with E-state index in [-0.39, 0.29) is 6.61 Å². The summed E-state index contributed by atoms with van der Waals surface area (Å²) >= 11 is 0. The molecule has 0 unspecified atom stereocenters. The van der Waals surface area contributed by atoms with Crippen molar-refractivity contribution >= 4 is 0 Å². The summed E-state index contributed by atoms with van der Waals surface area (Å²) in [4.78, 5) is 0. The fraction of sp³-hybridized carbons (Fsp3) is 0.111. The maximum Gasteiger partial charge on any atom is 0.0609 e. The highest BCUT2D eigenvalue weighted by Gasteiger charge is 1.57. The van der Waals surface area contributed by atoms with Crippen molar-refractivity contribution in [3.63, 3.8) is 0 Å². The van der Waals surface area contributed by atoms with Gasteiger partial charge in [-0.2, -0.15) is 0 Å². The van der Waals surface area contributed by atoms with E-state index in [1.54, 1.807) is 0 Å². The van der Waals surface area contributed by atoms with Crippen molar-refractivity contribution in [2.75, 3.05) is 6.61 Å². The Kier molecular flexibility index (Phi) is 7.06. The molecule has 0 aliphatic heterocycles. The molecule has 0 saturated heterocycles. The second-order valence-electron chi connectivity index (χ2n) is 1.63. The molecule has 1 N–H and O–H groups in total. The third kappa shape index (κ3) is 6.92. The lowest BCUT2D eigenvalue weighted by molar-refractivity contribution is 0.343. The van der Waals surface area contributed by atoms with Crippen molar-refractivity contribution in [3.05, 3.63) is 49.1 Å². The molecule has 0 aromatic heterocycles. The Bertz CT molecular complexity index is 119. The van der Waals surface area contributed by atoms with E-state index in [9.17, 15) is 0 Å². The van der Waals surface area contributed by atoms with Gasteiger partial charge in [-0.15, -0.1) is 6.58 Å². The molecule has 0 heterocycles. The quantitative estimate of drug-likeness (QED) is 0.584. The van der Waals surface area contributed by atoms with Gasteiger partial charge >= 0.3 is 0 Å². The highest BCUT2D eigenvalue weighted by atomic mass is 16.2. The summed E-state index contributed by atoms with van der Waals surface area (Å²) in [5.74, 6) is 0. The van der Waals surface area contributed by atoms with Crippen LogP contribution in [0.5, 0.6) is 0 Å². The molecule has 54 valence electrons. The zero-order chi connectivity index (χ0) is 7.66. The maximum absolute atomic E-state index is 7.76. The average molecular weight is 136 g/mol. The second-order valence-corrected chi connectivity index (χ2v) is 1.63. The first-order valence-corrected chi connectivity index (χ1v) is 3.13. The number of rotatable bonds is 1. The molecule has 0 saturated carbocycles. The topological polar surface area (TPSA) is 20.2 Å². The van der Waals surface area contributed by atoms with Gasteiger partial charge in [0.05, 0.1) is 6.61 Å². The standard InChI is InChI=1S/C6H6.C3H6O/c1-2-4-6-5-3-1;1-2-3-4/h1-6H;2,4H,1,3H2. The molecule has 0 radical (unpaired) electrons. The molecule has 1 heteroatoms. The van der Waals surface area contributed by atoms with Crippen molar-refractivity contribution in [2.45, 2.75) is 0 Å². The van der Waals surface area contributed by atoms with Crippen LogP contribution in [0.1, 0.15) is 0 Å². The molecule has 1 rings (SSSR count). The minimum atomic E-state index is 0.0833. The minimum Gasteiger partial charge on any atom is -0.392 e. The van der Waals surface area contributed by atoms with Gasteiger partial charge in [0.25, 0.3) is 0 Å². The molecular weight excluding hydrogens is 124 g/mol. The molecule has 0 aliphatic carbocycles. The number of hydrogen-bond donors (Lipinski definition) is 1. The molecule has 0 spiro atoms. The van der Waals surface area contributed by atoms with E-state index in [1.807, 2.05) is 36.4 Å². The van der Waals surface area contributed by atoms with E-state index in [4.69, 9.17) is 5.11 Å². The van der Waals surface area contributed by atoms with Crippen molar-refractivity contribution < 1.29 is 5.11 Å². The van der Waals surface area contributed by atoms with Crippen molar-refractivity contribution in [1.29, 1.82) is 0 Å². The molecule has 0 fully saturated rings. The van der Waals surface area contributed by atoms with E-state index in [2.05, 4.69) is 6.58 Å². The molecule has 1 aromatic rings. The molecule has 0 amide bonds. The van der Waals surface area contributed by atoms with Crippen LogP contribution >= 0.6 is 0 Å². The number of aliphatic hydroxyl groups is 1. The van der Waals surface area contributed by atoms with Crippen molar-refractivity contribution in [2.24, 2.45) is 0 Å². The first-order valence-electron chi connectivity index (χ1n) is 3.13. The third-order valence-electron chi connectivity index (χ3n) is 0.796. The van der Waals surface area contributed by atoms with Gasteiger partial charge < -0.3 is 5.11 Å². The lowest BCUT2D eigenvalue weighted by Gasteiger charge is -1.69. The van der Waals surface area contributed by atoms with E-state index >= 15 is 0 Å². The predicted molar refractivity (Wildman–Crippen MR) is 43.7 cm³/mol. The van der Waals surface area contributed by atoms with Crippen LogP contribution in [0.25, 0.3) is 0 Å². The lowest BCUT2D eigenvalue weighted by atomic mass is 10.4. The fourth-order valence-electron chi connectivity index (χ4n) is 0.385. The monoisotopic (exact) mass is 136 g/mol. The van der Waals surface area contributed by atoms with Crippen LogP contribution < -0.4 is 0 Å². The molecule has 0 aliphatic rings. The molecule has 1 nitrogen and oxygen atoms in total. The van der Waals surface area contributed by atoms with Crippen LogP contribution in [0, 0.1) is 0 Å². The Labute approximate surface area is 61.6 Å². The third-order valence-corrected chi connectivity index (χ3v) is 0.796. The Morgan fingerprint density at radius 1 is 1.00 bits per heavy atom. The summed E-state index contributed by atoms with van der Waals surface area (Å²) in [5.41, 5.74) is 0. The van der Waals surface area contributed by atoms with Crippen LogP contribution in [-0.4, -0.2) is 11.7 Å². The van der Waals surface area contributed by atoms with E-state index < -0.39 is 0 Å². The van der Waals surface area contributed by atoms with Crippen LogP contribution in [0.3, 0.4) is 0 Å². The van der Waals surface area contributed by atoms with Crippen molar-refractivity contribution in [1.82, 2.24) is 0 Å². The molecule has 0 bridgehead atoms. The summed E-state index contributed by atoms with van der Waals surface area (Å²) < 4.78 is 0. The molecular formula is C9H12O. The van der Waals surface area contributed by atoms with Gasteiger partial charge in [0, 0.05) is 0 Å². The normalized spacial score (nSPS) is 7.30. The van der Waals surface area contributed by atoms with Gasteiger partial charge in [-0.3, -0.25) is 0 Å². The lowest BCUT2D eigenvalue weighted by Crippen LogP contribution is -1.62. The van der Waals surface area contributed by atoms with Gasteiger partial charge in [0.15, 0.2) is 0 Å². The van der Waals surface area contributed by atoms with E-state index in [0.29, 0.717) is 0 Å². The van der Waals surface area contributed by atoms with Gasteiger partial charge in [-0.05, 0) is 0 Å². The summed E-state index contributed by atoms with van der Waals surface area (Å²) in [6.07, 6.45) is 1.43. The fourth-order valence-corrected chi connectivity index (χ4v) is 0.385. The number of benzene rings is 1. The number of aliphatic hydroxyl groups excluding tert-OH is 1. The largest absolute Gasteiger partial charge is 0.392 e. The minimum absolute atomic E-state index is 0.0833.